The highest BCUT2D eigenvalue weighted by molar-refractivity contribution is 6.22. The maximum Gasteiger partial charge on any atom is 0.161 e. The van der Waals surface area contributed by atoms with Crippen molar-refractivity contribution in [3.8, 4) is 22.3 Å². The van der Waals surface area contributed by atoms with E-state index in [4.69, 9.17) is 18.8 Å². The molecule has 0 aliphatic heterocycles. The fraction of sp³-hybridized carbons (Fsp3) is 0.0896. The number of fused-ring (bicyclic) bond motifs is 9. The molecule has 0 N–H and O–H groups in total. The van der Waals surface area contributed by atoms with E-state index in [1.54, 1.807) is 0 Å². The van der Waals surface area contributed by atoms with Crippen molar-refractivity contribution in [2.45, 2.75) is 37.8 Å². The smallest absolute Gasteiger partial charge is 0.161 e. The topological polar surface area (TPSA) is 66.6 Å². The Bertz CT molecular complexity index is 4040. The molecule has 0 amide bonds. The molecular weight excluding hydrogens is 893 g/mol. The minimum absolute atomic E-state index is 0.0487. The SMILES string of the molecule is C=NC(=NC(=NCc1cccc2oc3ccccc3c12)c1cccc2oc3ccc(-c4ccc(N(c5ccc(-c6ccccc6)cc5)C5C=CC=C6C5c5ccccc5C6(C)C)cc4)cc3c12)c1ccccc1. The molecule has 6 heteroatoms. The summed E-state index contributed by atoms with van der Waals surface area (Å²) in [4.78, 5) is 17.5. The minimum atomic E-state index is -0.0807. The van der Waals surface area contributed by atoms with Crippen LogP contribution in [-0.2, 0) is 12.0 Å². The first-order chi connectivity index (χ1) is 35.9. The number of amidine groups is 2. The van der Waals surface area contributed by atoms with Crippen molar-refractivity contribution >= 4 is 73.6 Å². The number of hydrogen-bond acceptors (Lipinski definition) is 4. The van der Waals surface area contributed by atoms with Gasteiger partial charge in [-0.25, -0.2) is 9.98 Å². The molecule has 2 atom stereocenters. The number of rotatable bonds is 9. The van der Waals surface area contributed by atoms with Gasteiger partial charge in [-0.05, 0) is 100 Å². The zero-order chi connectivity index (χ0) is 49.0. The van der Waals surface area contributed by atoms with Gasteiger partial charge in [0.1, 0.15) is 22.3 Å². The molecule has 0 saturated heterocycles. The van der Waals surface area contributed by atoms with Gasteiger partial charge in [-0.3, -0.25) is 4.99 Å². The van der Waals surface area contributed by atoms with Crippen LogP contribution >= 0.6 is 0 Å². The van der Waals surface area contributed by atoms with Gasteiger partial charge >= 0.3 is 0 Å². The number of hydrogen-bond donors (Lipinski definition) is 0. The van der Waals surface area contributed by atoms with Gasteiger partial charge in [0.15, 0.2) is 11.7 Å². The highest BCUT2D eigenvalue weighted by Crippen LogP contribution is 2.55. The molecule has 11 aromatic rings. The molecule has 73 heavy (non-hydrogen) atoms. The minimum Gasteiger partial charge on any atom is -0.456 e. The molecule has 2 heterocycles. The summed E-state index contributed by atoms with van der Waals surface area (Å²) in [5.41, 5.74) is 16.9. The standard InChI is InChI=1S/C67H50N4O2/c1-67(2)55-25-12-10-22-51(55)64-56(67)26-16-27-57(64)71(49-36-31-44(32-37-49)43-17-6-4-7-18-43)50-38-33-45(34-39-50)47-35-40-59-54(41-47)63-53(24-15-30-61(63)73-59)66(70-65(68-3)46-19-8-5-9-20-46)69-42-48-21-14-29-60-62(48)52-23-11-13-28-58(52)72-60/h4-41,57,64H,3,42H2,1-2H3. The van der Waals surface area contributed by atoms with Crippen LogP contribution in [0.5, 0.6) is 0 Å². The van der Waals surface area contributed by atoms with Crippen LogP contribution in [-0.4, -0.2) is 24.4 Å². The van der Waals surface area contributed by atoms with Gasteiger partial charge in [0.25, 0.3) is 0 Å². The summed E-state index contributed by atoms with van der Waals surface area (Å²) in [6.07, 6.45) is 7.00. The van der Waals surface area contributed by atoms with E-state index < -0.39 is 0 Å². The van der Waals surface area contributed by atoms with Crippen LogP contribution in [0.25, 0.3) is 66.1 Å². The van der Waals surface area contributed by atoms with E-state index in [0.717, 1.165) is 83.1 Å². The van der Waals surface area contributed by atoms with Crippen molar-refractivity contribution in [3.05, 3.63) is 264 Å². The Hall–Kier alpha value is -9.13. The van der Waals surface area contributed by atoms with E-state index in [-0.39, 0.29) is 17.4 Å². The third-order valence-corrected chi connectivity index (χ3v) is 15.0. The van der Waals surface area contributed by atoms with Crippen LogP contribution in [0.15, 0.2) is 260 Å². The van der Waals surface area contributed by atoms with Gasteiger partial charge < -0.3 is 13.7 Å². The normalized spacial score (nSPS) is 16.2. The van der Waals surface area contributed by atoms with E-state index in [1.165, 1.54) is 27.8 Å². The monoisotopic (exact) mass is 942 g/mol. The third kappa shape index (κ3) is 7.62. The Kier molecular flexibility index (Phi) is 10.8. The summed E-state index contributed by atoms with van der Waals surface area (Å²) in [5, 5.41) is 4.01. The van der Waals surface area contributed by atoms with Crippen molar-refractivity contribution in [2.75, 3.05) is 4.90 Å². The Morgan fingerprint density at radius 2 is 1.15 bits per heavy atom. The fourth-order valence-electron chi connectivity index (χ4n) is 11.5. The van der Waals surface area contributed by atoms with Gasteiger partial charge in [-0.1, -0.05) is 195 Å². The van der Waals surface area contributed by atoms with Gasteiger partial charge in [0.05, 0.1) is 12.6 Å². The number of allylic oxidation sites excluding steroid dienone is 2. The zero-order valence-corrected chi connectivity index (χ0v) is 40.6. The van der Waals surface area contributed by atoms with Crippen LogP contribution < -0.4 is 4.90 Å². The largest absolute Gasteiger partial charge is 0.456 e. The first-order valence-electron chi connectivity index (χ1n) is 24.9. The van der Waals surface area contributed by atoms with Crippen molar-refractivity contribution in [1.82, 2.24) is 0 Å². The van der Waals surface area contributed by atoms with Gasteiger partial charge in [-0.2, -0.15) is 0 Å². The number of para-hydroxylation sites is 1. The third-order valence-electron chi connectivity index (χ3n) is 15.0. The average molecular weight is 943 g/mol. The molecule has 2 aliphatic rings. The van der Waals surface area contributed by atoms with Gasteiger partial charge in [-0.15, -0.1) is 0 Å². The molecule has 0 bridgehead atoms. The first-order valence-corrected chi connectivity index (χ1v) is 24.9. The predicted octanol–water partition coefficient (Wildman–Crippen LogP) is 17.0. The van der Waals surface area contributed by atoms with Crippen molar-refractivity contribution < 1.29 is 8.83 Å². The Morgan fingerprint density at radius 3 is 1.90 bits per heavy atom. The number of anilines is 2. The maximum absolute atomic E-state index is 6.62. The second-order valence-corrected chi connectivity index (χ2v) is 19.5. The number of aliphatic imine (C=N–C) groups is 3. The van der Waals surface area contributed by atoms with Crippen molar-refractivity contribution in [2.24, 2.45) is 15.0 Å². The van der Waals surface area contributed by atoms with E-state index >= 15 is 0 Å². The van der Waals surface area contributed by atoms with Crippen LogP contribution in [0.2, 0.25) is 0 Å². The lowest BCUT2D eigenvalue weighted by molar-refractivity contribution is 0.580. The molecule has 0 saturated carbocycles. The van der Waals surface area contributed by atoms with Crippen LogP contribution in [0, 0.1) is 0 Å². The fourth-order valence-corrected chi connectivity index (χ4v) is 11.5. The molecule has 2 aliphatic carbocycles. The molecule has 0 fully saturated rings. The summed E-state index contributed by atoms with van der Waals surface area (Å²) < 4.78 is 12.9. The van der Waals surface area contributed by atoms with Crippen LogP contribution in [0.4, 0.5) is 11.4 Å². The molecule has 0 spiro atoms. The number of benzene rings is 9. The van der Waals surface area contributed by atoms with E-state index in [0.29, 0.717) is 18.2 Å². The average Bonchev–Trinajstić information content (AvgIpc) is 4.10. The lowest BCUT2D eigenvalue weighted by Gasteiger charge is -2.39. The Morgan fingerprint density at radius 1 is 0.548 bits per heavy atom. The number of furan rings is 2. The van der Waals surface area contributed by atoms with Gasteiger partial charge in [0.2, 0.25) is 0 Å². The molecule has 2 aromatic heterocycles. The molecule has 9 aromatic carbocycles. The quantitative estimate of drug-likeness (QED) is 0.107. The summed E-state index contributed by atoms with van der Waals surface area (Å²) in [6, 6.07) is 74.5. The summed E-state index contributed by atoms with van der Waals surface area (Å²) >= 11 is 0. The van der Waals surface area contributed by atoms with Crippen LogP contribution in [0.3, 0.4) is 0 Å². The zero-order valence-electron chi connectivity index (χ0n) is 40.6. The highest BCUT2D eigenvalue weighted by atomic mass is 16.3. The highest BCUT2D eigenvalue weighted by Gasteiger charge is 2.46. The lowest BCUT2D eigenvalue weighted by atomic mass is 9.77. The lowest BCUT2D eigenvalue weighted by Crippen LogP contribution is -2.37. The first kappa shape index (κ1) is 43.9. The Balaban J connectivity index is 0.909. The van der Waals surface area contributed by atoms with E-state index in [1.807, 2.05) is 72.8 Å². The van der Waals surface area contributed by atoms with E-state index in [9.17, 15) is 0 Å². The predicted molar refractivity (Wildman–Crippen MR) is 303 cm³/mol. The second-order valence-electron chi connectivity index (χ2n) is 19.5. The summed E-state index contributed by atoms with van der Waals surface area (Å²) in [6.45, 7) is 9.05. The maximum atomic E-state index is 6.62. The van der Waals surface area contributed by atoms with Gasteiger partial charge in [0, 0.05) is 55.4 Å². The number of nitrogens with zero attached hydrogens (tertiary/aromatic N) is 4. The van der Waals surface area contributed by atoms with Crippen LogP contribution in [0.1, 0.15) is 47.6 Å². The Labute approximate surface area is 424 Å². The molecule has 6 nitrogen and oxygen atoms in total. The van der Waals surface area contributed by atoms with Crippen molar-refractivity contribution in [3.63, 3.8) is 0 Å². The van der Waals surface area contributed by atoms with Crippen molar-refractivity contribution in [1.29, 1.82) is 0 Å². The molecule has 350 valence electrons. The second kappa shape index (κ2) is 17.9. The molecular formula is C67H50N4O2. The molecule has 2 unspecified atom stereocenters. The van der Waals surface area contributed by atoms with E-state index in [2.05, 4.69) is 188 Å². The summed E-state index contributed by atoms with van der Waals surface area (Å²) in [5.74, 6) is 1.20. The molecule has 13 rings (SSSR count). The summed E-state index contributed by atoms with van der Waals surface area (Å²) in [7, 11) is 0. The molecule has 0 radical (unpaired) electrons.